The lowest BCUT2D eigenvalue weighted by molar-refractivity contribution is -0.134. The Kier molecular flexibility index (Phi) is 8.09. The molecule has 1 saturated heterocycles. The number of benzene rings is 1. The highest BCUT2D eigenvalue weighted by Crippen LogP contribution is 2.27. The number of carbonyl (C=O) groups is 1. The van der Waals surface area contributed by atoms with E-state index in [1.165, 1.54) is 0 Å². The van der Waals surface area contributed by atoms with Gasteiger partial charge in [-0.2, -0.15) is 0 Å². The Morgan fingerprint density at radius 3 is 2.60 bits per heavy atom. The van der Waals surface area contributed by atoms with Crippen molar-refractivity contribution in [3.8, 4) is 0 Å². The van der Waals surface area contributed by atoms with E-state index in [4.69, 9.17) is 0 Å². The number of guanidine groups is 1. The van der Waals surface area contributed by atoms with E-state index in [9.17, 15) is 13.2 Å². The minimum atomic E-state index is -3.39. The number of carbonyl (C=O) groups excluding carboxylic acids is 1. The van der Waals surface area contributed by atoms with E-state index in [-0.39, 0.29) is 36.7 Å². The van der Waals surface area contributed by atoms with Crippen LogP contribution in [-0.4, -0.2) is 63.7 Å². The van der Waals surface area contributed by atoms with Gasteiger partial charge in [0.1, 0.15) is 0 Å². The fourth-order valence-corrected chi connectivity index (χ4v) is 4.96. The SMILES string of the molecule is CN=C(NCCS(=O)(=O)NCc1ccccc1)NC1CCN(C(=O)C2CCCC2)C1. The quantitative estimate of drug-likeness (QED) is 0.419. The van der Waals surface area contributed by atoms with Gasteiger partial charge in [0.05, 0.1) is 5.75 Å². The van der Waals surface area contributed by atoms with Crippen molar-refractivity contribution >= 4 is 21.9 Å². The minimum absolute atomic E-state index is 0.0442. The predicted molar refractivity (Wildman–Crippen MR) is 119 cm³/mol. The average Bonchev–Trinajstić information content (AvgIpc) is 3.44. The lowest BCUT2D eigenvalue weighted by Crippen LogP contribution is -2.46. The van der Waals surface area contributed by atoms with Crippen molar-refractivity contribution in [3.05, 3.63) is 35.9 Å². The number of amides is 1. The van der Waals surface area contributed by atoms with Crippen molar-refractivity contribution < 1.29 is 13.2 Å². The topological polar surface area (TPSA) is 103 Å². The summed E-state index contributed by atoms with van der Waals surface area (Å²) in [5, 5.41) is 6.38. The van der Waals surface area contributed by atoms with Gasteiger partial charge < -0.3 is 15.5 Å². The summed E-state index contributed by atoms with van der Waals surface area (Å²) >= 11 is 0. The monoisotopic (exact) mass is 435 g/mol. The number of nitrogens with zero attached hydrogens (tertiary/aromatic N) is 2. The van der Waals surface area contributed by atoms with Gasteiger partial charge in [0.2, 0.25) is 15.9 Å². The molecule has 1 atom stereocenters. The molecule has 1 unspecified atom stereocenters. The highest BCUT2D eigenvalue weighted by atomic mass is 32.2. The Labute approximate surface area is 179 Å². The predicted octanol–water partition coefficient (Wildman–Crippen LogP) is 1.06. The van der Waals surface area contributed by atoms with E-state index < -0.39 is 10.0 Å². The summed E-state index contributed by atoms with van der Waals surface area (Å²) in [5.74, 6) is 1.01. The van der Waals surface area contributed by atoms with Crippen LogP contribution >= 0.6 is 0 Å². The van der Waals surface area contributed by atoms with E-state index in [1.807, 2.05) is 35.2 Å². The van der Waals surface area contributed by atoms with Crippen LogP contribution in [0.1, 0.15) is 37.7 Å². The second-order valence-electron chi connectivity index (χ2n) is 8.02. The smallest absolute Gasteiger partial charge is 0.225 e. The molecule has 0 bridgehead atoms. The number of rotatable bonds is 8. The molecule has 166 valence electrons. The van der Waals surface area contributed by atoms with E-state index in [1.54, 1.807) is 7.05 Å². The molecule has 30 heavy (non-hydrogen) atoms. The van der Waals surface area contributed by atoms with Crippen LogP contribution in [0.2, 0.25) is 0 Å². The highest BCUT2D eigenvalue weighted by Gasteiger charge is 2.32. The Bertz CT molecular complexity index is 822. The zero-order valence-corrected chi connectivity index (χ0v) is 18.5. The van der Waals surface area contributed by atoms with Gasteiger partial charge in [-0.3, -0.25) is 9.79 Å². The summed E-state index contributed by atoms with van der Waals surface area (Å²) < 4.78 is 27.0. The maximum absolute atomic E-state index is 12.6. The number of nitrogens with one attached hydrogen (secondary N) is 3. The maximum atomic E-state index is 12.6. The van der Waals surface area contributed by atoms with Crippen LogP contribution in [0.5, 0.6) is 0 Å². The number of likely N-dealkylation sites (tertiary alicyclic amines) is 1. The Balaban J connectivity index is 1.38. The molecule has 1 aliphatic heterocycles. The number of hydrogen-bond acceptors (Lipinski definition) is 4. The van der Waals surface area contributed by atoms with Crippen LogP contribution in [0, 0.1) is 5.92 Å². The lowest BCUT2D eigenvalue weighted by atomic mass is 10.1. The van der Waals surface area contributed by atoms with Gasteiger partial charge in [0.15, 0.2) is 5.96 Å². The minimum Gasteiger partial charge on any atom is -0.355 e. The van der Waals surface area contributed by atoms with Crippen LogP contribution in [-0.2, 0) is 21.4 Å². The second kappa shape index (κ2) is 10.8. The summed E-state index contributed by atoms with van der Waals surface area (Å²) in [6.45, 7) is 1.97. The van der Waals surface area contributed by atoms with Crippen LogP contribution in [0.4, 0.5) is 0 Å². The van der Waals surface area contributed by atoms with E-state index in [0.29, 0.717) is 12.5 Å². The van der Waals surface area contributed by atoms with Crippen molar-refractivity contribution in [2.75, 3.05) is 32.4 Å². The summed E-state index contributed by atoms with van der Waals surface area (Å²) in [7, 11) is -1.73. The summed E-state index contributed by atoms with van der Waals surface area (Å²) in [5.41, 5.74) is 0.921. The summed E-state index contributed by atoms with van der Waals surface area (Å²) in [6.07, 6.45) is 5.22. The number of hydrogen-bond donors (Lipinski definition) is 3. The zero-order chi connectivity index (χ0) is 21.4. The molecule has 8 nitrogen and oxygen atoms in total. The van der Waals surface area contributed by atoms with Crippen molar-refractivity contribution in [2.45, 2.75) is 44.7 Å². The molecule has 1 aliphatic carbocycles. The van der Waals surface area contributed by atoms with Crippen molar-refractivity contribution in [1.29, 1.82) is 0 Å². The fourth-order valence-electron chi connectivity index (χ4n) is 4.06. The largest absolute Gasteiger partial charge is 0.355 e. The molecule has 0 spiro atoms. The van der Waals surface area contributed by atoms with E-state index in [0.717, 1.165) is 44.2 Å². The first-order valence-corrected chi connectivity index (χ1v) is 12.4. The van der Waals surface area contributed by atoms with Crippen LogP contribution in [0.25, 0.3) is 0 Å². The molecule has 0 aromatic heterocycles. The Hall–Kier alpha value is -2.13. The van der Waals surface area contributed by atoms with Gasteiger partial charge in [-0.1, -0.05) is 43.2 Å². The molecular formula is C21H33N5O3S. The van der Waals surface area contributed by atoms with Crippen molar-refractivity contribution in [3.63, 3.8) is 0 Å². The molecule has 1 amide bonds. The van der Waals surface area contributed by atoms with Gasteiger partial charge in [-0.05, 0) is 24.8 Å². The first kappa shape index (κ1) is 22.6. The molecular weight excluding hydrogens is 402 g/mol. The third-order valence-corrected chi connectivity index (χ3v) is 7.10. The fraction of sp³-hybridized carbons (Fsp3) is 0.619. The molecule has 1 saturated carbocycles. The third kappa shape index (κ3) is 6.70. The number of aliphatic imine (C=N–C) groups is 1. The molecule has 3 rings (SSSR count). The summed E-state index contributed by atoms with van der Waals surface area (Å²) in [4.78, 5) is 18.7. The van der Waals surface area contributed by atoms with Crippen LogP contribution in [0.3, 0.4) is 0 Å². The van der Waals surface area contributed by atoms with Gasteiger partial charge in [-0.25, -0.2) is 13.1 Å². The normalized spacial score (nSPS) is 20.5. The molecule has 9 heteroatoms. The van der Waals surface area contributed by atoms with Crippen molar-refractivity contribution in [2.24, 2.45) is 10.9 Å². The van der Waals surface area contributed by atoms with E-state index >= 15 is 0 Å². The van der Waals surface area contributed by atoms with Gasteiger partial charge in [-0.15, -0.1) is 0 Å². The summed E-state index contributed by atoms with van der Waals surface area (Å²) in [6, 6.07) is 9.56. The molecule has 1 aromatic carbocycles. The number of sulfonamides is 1. The average molecular weight is 436 g/mol. The lowest BCUT2D eigenvalue weighted by Gasteiger charge is -2.21. The zero-order valence-electron chi connectivity index (χ0n) is 17.6. The Morgan fingerprint density at radius 1 is 1.17 bits per heavy atom. The van der Waals surface area contributed by atoms with E-state index in [2.05, 4.69) is 20.3 Å². The first-order valence-electron chi connectivity index (χ1n) is 10.7. The molecule has 3 N–H and O–H groups in total. The van der Waals surface area contributed by atoms with Gasteiger partial charge >= 0.3 is 0 Å². The molecule has 0 radical (unpaired) electrons. The highest BCUT2D eigenvalue weighted by molar-refractivity contribution is 7.89. The maximum Gasteiger partial charge on any atom is 0.225 e. The second-order valence-corrected chi connectivity index (χ2v) is 9.95. The van der Waals surface area contributed by atoms with Gasteiger partial charge in [0.25, 0.3) is 0 Å². The molecule has 1 aromatic rings. The third-order valence-electron chi connectivity index (χ3n) is 5.77. The van der Waals surface area contributed by atoms with Crippen LogP contribution in [0.15, 0.2) is 35.3 Å². The molecule has 2 aliphatic rings. The van der Waals surface area contributed by atoms with Crippen LogP contribution < -0.4 is 15.4 Å². The Morgan fingerprint density at radius 2 is 1.90 bits per heavy atom. The standard InChI is InChI=1S/C21H33N5O3S/c1-22-21(23-12-14-30(28,29)24-15-17-7-3-2-4-8-17)25-19-11-13-26(16-19)20(27)18-9-5-6-10-18/h2-4,7-8,18-19,24H,5-6,9-16H2,1H3,(H2,22,23,25). The van der Waals surface area contributed by atoms with Crippen molar-refractivity contribution in [1.82, 2.24) is 20.3 Å². The molecule has 2 fully saturated rings. The first-order chi connectivity index (χ1) is 14.5. The molecule has 1 heterocycles. The van der Waals surface area contributed by atoms with Gasteiger partial charge in [0, 0.05) is 45.2 Å².